The van der Waals surface area contributed by atoms with Gasteiger partial charge in [0.25, 0.3) is 0 Å². The molecule has 0 unspecified atom stereocenters. The molecule has 8 rings (SSSR count). The molecule has 0 aliphatic rings. The molecule has 4 heterocycles. The Hall–Kier alpha value is -4.90. The molecule has 0 spiro atoms. The minimum atomic E-state index is -2.09. The number of aromatic nitrogens is 4. The van der Waals surface area contributed by atoms with Crippen LogP contribution < -0.4 is 0 Å². The van der Waals surface area contributed by atoms with Crippen LogP contribution in [0.3, 0.4) is 0 Å². The van der Waals surface area contributed by atoms with Gasteiger partial charge in [0.05, 0.1) is 28.1 Å². The molecule has 50 heavy (non-hydrogen) atoms. The Balaban J connectivity index is 0.000000238. The van der Waals surface area contributed by atoms with Crippen molar-refractivity contribution in [1.82, 2.24) is 19.5 Å². The second kappa shape index (κ2) is 14.5. The van der Waals surface area contributed by atoms with Gasteiger partial charge in [-0.3, -0.25) is 9.97 Å². The van der Waals surface area contributed by atoms with Gasteiger partial charge in [-0.2, -0.15) is 0 Å². The first kappa shape index (κ1) is 31.1. The van der Waals surface area contributed by atoms with E-state index in [1.807, 2.05) is 43.3 Å². The molecule has 1 radical (unpaired) electrons. The molecule has 0 saturated carbocycles. The molecular weight excluding hydrogens is 793 g/mol. The minimum Gasteiger partial charge on any atom is -0.501 e. The molecule has 6 heteroatoms. The number of imidazole rings is 1. The van der Waals surface area contributed by atoms with Crippen LogP contribution in [0.4, 0.5) is 0 Å². The molecule has 5 nitrogen and oxygen atoms in total. The summed E-state index contributed by atoms with van der Waals surface area (Å²) in [4.78, 5) is 14.2. The van der Waals surface area contributed by atoms with Crippen LogP contribution in [-0.2, 0) is 20.1 Å². The number of para-hydroxylation sites is 2. The molecule has 0 amide bonds. The van der Waals surface area contributed by atoms with Crippen molar-refractivity contribution in [1.29, 1.82) is 0 Å². The number of aryl methyl sites for hydroxylation is 3. The van der Waals surface area contributed by atoms with Crippen LogP contribution in [0.5, 0.6) is 0 Å². The van der Waals surface area contributed by atoms with Crippen molar-refractivity contribution in [3.8, 4) is 28.3 Å². The normalized spacial score (nSPS) is 12.4. The van der Waals surface area contributed by atoms with Gasteiger partial charge in [-0.25, -0.2) is 0 Å². The summed E-state index contributed by atoms with van der Waals surface area (Å²) in [6.45, 7) is 11.0. The van der Waals surface area contributed by atoms with Gasteiger partial charge in [0.2, 0.25) is 0 Å². The third-order valence-electron chi connectivity index (χ3n) is 8.81. The van der Waals surface area contributed by atoms with Crippen molar-refractivity contribution in [3.05, 3.63) is 143 Å². The number of hydrogen-bond donors (Lipinski definition) is 0. The number of benzene rings is 4. The first-order chi connectivity index (χ1) is 24.9. The first-order valence-corrected chi connectivity index (χ1v) is 16.7. The Morgan fingerprint density at radius 2 is 1.54 bits per heavy atom. The molecule has 0 saturated heterocycles. The van der Waals surface area contributed by atoms with Crippen molar-refractivity contribution in [3.63, 3.8) is 0 Å². The smallest absolute Gasteiger partial charge is 0.120 e. The first-order valence-electron chi connectivity index (χ1n) is 18.2. The molecule has 4 aromatic carbocycles. The number of furan rings is 1. The Bertz CT molecular complexity index is 2510. The van der Waals surface area contributed by atoms with E-state index in [4.69, 9.17) is 18.5 Å². The van der Waals surface area contributed by atoms with E-state index < -0.39 is 6.85 Å². The number of hydrogen-bond acceptors (Lipinski definition) is 4. The van der Waals surface area contributed by atoms with E-state index in [0.717, 1.165) is 67.0 Å². The number of pyridine rings is 2. The molecule has 0 fully saturated rings. The van der Waals surface area contributed by atoms with Crippen LogP contribution >= 0.6 is 0 Å². The average Bonchev–Trinajstić information content (AvgIpc) is 3.70. The zero-order chi connectivity index (χ0) is 36.7. The zero-order valence-corrected chi connectivity index (χ0v) is 31.4. The van der Waals surface area contributed by atoms with Gasteiger partial charge in [-0.05, 0) is 67.1 Å². The SMILES string of the molecule is Cc1cc2nc(-c3[c-]ccc4c3oc3ccccc34)n(-c3c(C(C)C)cccc3C(C)C)c2c(C)n1.[2H]C([2H])([2H])c1ccc(-c2[c-]cccc2)nc1.[Ir]. The largest absolute Gasteiger partial charge is 0.501 e. The van der Waals surface area contributed by atoms with E-state index in [2.05, 4.69) is 98.8 Å². The number of nitrogens with zero attached hydrogens (tertiary/aromatic N) is 4. The van der Waals surface area contributed by atoms with E-state index in [9.17, 15) is 0 Å². The number of rotatable bonds is 5. The van der Waals surface area contributed by atoms with E-state index in [-0.39, 0.29) is 25.7 Å². The number of fused-ring (bicyclic) bond motifs is 4. The molecule has 0 bridgehead atoms. The van der Waals surface area contributed by atoms with E-state index in [0.29, 0.717) is 11.8 Å². The van der Waals surface area contributed by atoms with Gasteiger partial charge in [-0.15, -0.1) is 54.1 Å². The minimum absolute atomic E-state index is 0. The van der Waals surface area contributed by atoms with Crippen molar-refractivity contribution < 1.29 is 28.6 Å². The maximum absolute atomic E-state index is 7.23. The summed E-state index contributed by atoms with van der Waals surface area (Å²) in [7, 11) is 0. The van der Waals surface area contributed by atoms with E-state index in [1.165, 1.54) is 23.0 Å². The Labute approximate surface area is 312 Å². The fourth-order valence-electron chi connectivity index (χ4n) is 6.55. The maximum Gasteiger partial charge on any atom is 0.120 e. The second-order valence-corrected chi connectivity index (χ2v) is 13.0. The molecule has 4 aromatic heterocycles. The van der Waals surface area contributed by atoms with E-state index >= 15 is 0 Å². The van der Waals surface area contributed by atoms with Crippen LogP contribution in [0, 0.1) is 32.8 Å². The summed E-state index contributed by atoms with van der Waals surface area (Å²) < 4.78 is 30.5. The maximum atomic E-state index is 7.23. The fraction of sp³-hybridized carbons (Fsp3) is 0.205. The third-order valence-corrected chi connectivity index (χ3v) is 8.81. The summed E-state index contributed by atoms with van der Waals surface area (Å²) in [6, 6.07) is 38.3. The molecule has 253 valence electrons. The van der Waals surface area contributed by atoms with Gasteiger partial charge in [0.1, 0.15) is 5.58 Å². The summed E-state index contributed by atoms with van der Waals surface area (Å²) in [5, 5.41) is 2.18. The van der Waals surface area contributed by atoms with Gasteiger partial charge in [0, 0.05) is 47.2 Å². The van der Waals surface area contributed by atoms with Crippen molar-refractivity contribution >= 4 is 33.0 Å². The van der Waals surface area contributed by atoms with Crippen LogP contribution in [-0.4, -0.2) is 19.5 Å². The second-order valence-electron chi connectivity index (χ2n) is 13.0. The third kappa shape index (κ3) is 6.54. The van der Waals surface area contributed by atoms with Crippen molar-refractivity contribution in [2.45, 2.75) is 60.2 Å². The quantitative estimate of drug-likeness (QED) is 0.162. The predicted molar refractivity (Wildman–Crippen MR) is 201 cm³/mol. The topological polar surface area (TPSA) is 56.7 Å². The summed E-state index contributed by atoms with van der Waals surface area (Å²) in [5.41, 5.74) is 12.1. The summed E-state index contributed by atoms with van der Waals surface area (Å²) in [5.74, 6) is 1.52. The Kier molecular flexibility index (Phi) is 9.04. The molecule has 0 aliphatic heterocycles. The summed E-state index contributed by atoms with van der Waals surface area (Å²) >= 11 is 0. The van der Waals surface area contributed by atoms with Crippen LogP contribution in [0.1, 0.15) is 71.7 Å². The van der Waals surface area contributed by atoms with Crippen LogP contribution in [0.15, 0.2) is 108 Å². The molecule has 0 aliphatic carbocycles. The molecular formula is C44H40IrN4O-2. The van der Waals surface area contributed by atoms with Gasteiger partial charge < -0.3 is 14.0 Å². The zero-order valence-electron chi connectivity index (χ0n) is 32.0. The van der Waals surface area contributed by atoms with Gasteiger partial charge >= 0.3 is 0 Å². The summed E-state index contributed by atoms with van der Waals surface area (Å²) in [6.07, 6.45) is 1.39. The Morgan fingerprint density at radius 1 is 0.780 bits per heavy atom. The molecule has 0 N–H and O–H groups in total. The fourth-order valence-corrected chi connectivity index (χ4v) is 6.55. The van der Waals surface area contributed by atoms with Crippen molar-refractivity contribution in [2.75, 3.05) is 0 Å². The molecule has 8 aromatic rings. The molecule has 0 atom stereocenters. The monoisotopic (exact) mass is 836 g/mol. The van der Waals surface area contributed by atoms with Crippen LogP contribution in [0.25, 0.3) is 61.3 Å². The van der Waals surface area contributed by atoms with Crippen molar-refractivity contribution in [2.24, 2.45) is 0 Å². The average molecular weight is 836 g/mol. The predicted octanol–water partition coefficient (Wildman–Crippen LogP) is 11.5. The standard InChI is InChI=1S/C32H30N3O.C12H10N.Ir/c1-18(2)22-12-9-13-23(19(3)4)30(22)35-29-21(6)33-20(5)17-27(29)34-32(35)26-15-10-14-25-24-11-7-8-16-28(24)36-31(25)26;1-10-7-8-12(13-9-10)11-5-3-2-4-6-11;/h7-14,16-19H,1-6H3;2-5,7-9H,1H3;/q2*-1;/i;1D3;. The van der Waals surface area contributed by atoms with Crippen LogP contribution in [0.2, 0.25) is 0 Å². The van der Waals surface area contributed by atoms with E-state index in [1.54, 1.807) is 18.2 Å². The Morgan fingerprint density at radius 3 is 2.22 bits per heavy atom. The van der Waals surface area contributed by atoms with Gasteiger partial charge in [0.15, 0.2) is 0 Å². The van der Waals surface area contributed by atoms with Gasteiger partial charge in [-0.1, -0.05) is 87.2 Å².